The molecule has 1 saturated carbocycles. The van der Waals surface area contributed by atoms with Crippen LogP contribution in [0.1, 0.15) is 25.7 Å². The predicted molar refractivity (Wildman–Crippen MR) is 61.9 cm³/mol. The van der Waals surface area contributed by atoms with Gasteiger partial charge >= 0.3 is 0 Å². The summed E-state index contributed by atoms with van der Waals surface area (Å²) in [6.45, 7) is 3.50. The molecule has 1 heterocycles. The summed E-state index contributed by atoms with van der Waals surface area (Å²) < 4.78 is 5.41. The molecule has 0 spiro atoms. The van der Waals surface area contributed by atoms with Crippen LogP contribution in [-0.2, 0) is 9.53 Å². The van der Waals surface area contributed by atoms with Crippen LogP contribution in [0.3, 0.4) is 0 Å². The van der Waals surface area contributed by atoms with Crippen LogP contribution in [0.25, 0.3) is 0 Å². The van der Waals surface area contributed by atoms with Crippen LogP contribution in [0.15, 0.2) is 0 Å². The zero-order valence-electron chi connectivity index (χ0n) is 9.86. The third-order valence-electron chi connectivity index (χ3n) is 3.58. The van der Waals surface area contributed by atoms with Crippen LogP contribution in [0.5, 0.6) is 0 Å². The molecule has 0 unspecified atom stereocenters. The summed E-state index contributed by atoms with van der Waals surface area (Å²) in [6.07, 6.45) is 4.64. The quantitative estimate of drug-likeness (QED) is 0.747. The van der Waals surface area contributed by atoms with E-state index in [9.17, 15) is 4.79 Å². The van der Waals surface area contributed by atoms with Crippen LogP contribution in [-0.4, -0.2) is 43.7 Å². The van der Waals surface area contributed by atoms with E-state index >= 15 is 0 Å². The Morgan fingerprint density at radius 3 is 2.44 bits per heavy atom. The number of nitrogens with two attached hydrogens (primary N) is 1. The summed E-state index contributed by atoms with van der Waals surface area (Å²) in [7, 11) is 0. The summed E-state index contributed by atoms with van der Waals surface area (Å²) in [5, 5.41) is 0. The average Bonchev–Trinajstić information content (AvgIpc) is 3.13. The minimum Gasteiger partial charge on any atom is -0.371 e. The number of ether oxygens (including phenoxy) is 1. The van der Waals surface area contributed by atoms with Crippen LogP contribution in [0, 0.1) is 11.8 Å². The molecule has 0 aromatic heterocycles. The van der Waals surface area contributed by atoms with Crippen LogP contribution in [0.4, 0.5) is 0 Å². The molecule has 2 N–H and O–H groups in total. The first-order valence-corrected chi connectivity index (χ1v) is 6.35. The highest BCUT2D eigenvalue weighted by atomic mass is 16.5. The van der Waals surface area contributed by atoms with Gasteiger partial charge in [0.05, 0.1) is 6.61 Å². The Balaban J connectivity index is 1.61. The molecule has 1 amide bonds. The minimum atomic E-state index is 0.149. The normalized spacial score (nSPS) is 22.4. The first-order valence-electron chi connectivity index (χ1n) is 6.35. The molecule has 0 aromatic carbocycles. The molecule has 0 bridgehead atoms. The lowest BCUT2D eigenvalue weighted by molar-refractivity contribution is -0.137. The SMILES string of the molecule is NCC1CCN(C(=O)COCC2CC2)CC1. The highest BCUT2D eigenvalue weighted by Gasteiger charge is 2.24. The summed E-state index contributed by atoms with van der Waals surface area (Å²) in [4.78, 5) is 13.7. The van der Waals surface area contributed by atoms with Crippen molar-refractivity contribution in [2.75, 3.05) is 32.8 Å². The van der Waals surface area contributed by atoms with E-state index in [0.717, 1.165) is 45.0 Å². The maximum absolute atomic E-state index is 11.8. The van der Waals surface area contributed by atoms with Gasteiger partial charge in [0.2, 0.25) is 5.91 Å². The van der Waals surface area contributed by atoms with E-state index in [4.69, 9.17) is 10.5 Å². The molecular weight excluding hydrogens is 204 g/mol. The second-order valence-corrected chi connectivity index (χ2v) is 5.02. The van der Waals surface area contributed by atoms with Crippen molar-refractivity contribution >= 4 is 5.91 Å². The first kappa shape index (κ1) is 11.9. The van der Waals surface area contributed by atoms with E-state index in [-0.39, 0.29) is 12.5 Å². The second-order valence-electron chi connectivity index (χ2n) is 5.02. The molecule has 1 aliphatic carbocycles. The topological polar surface area (TPSA) is 55.6 Å². The Hall–Kier alpha value is -0.610. The fraction of sp³-hybridized carbons (Fsp3) is 0.917. The van der Waals surface area contributed by atoms with Gasteiger partial charge in [-0.25, -0.2) is 0 Å². The van der Waals surface area contributed by atoms with E-state index in [2.05, 4.69) is 0 Å². The number of hydrogen-bond donors (Lipinski definition) is 1. The van der Waals surface area contributed by atoms with Gasteiger partial charge in [0.25, 0.3) is 0 Å². The van der Waals surface area contributed by atoms with Crippen LogP contribution >= 0.6 is 0 Å². The second kappa shape index (κ2) is 5.64. The van der Waals surface area contributed by atoms with Crippen molar-refractivity contribution in [3.63, 3.8) is 0 Å². The molecule has 2 rings (SSSR count). The van der Waals surface area contributed by atoms with Crippen molar-refractivity contribution in [2.45, 2.75) is 25.7 Å². The zero-order valence-corrected chi connectivity index (χ0v) is 9.86. The number of hydrogen-bond acceptors (Lipinski definition) is 3. The fourth-order valence-electron chi connectivity index (χ4n) is 2.11. The highest BCUT2D eigenvalue weighted by Crippen LogP contribution is 2.28. The first-order chi connectivity index (χ1) is 7.79. The van der Waals surface area contributed by atoms with Crippen LogP contribution < -0.4 is 5.73 Å². The summed E-state index contributed by atoms with van der Waals surface area (Å²) in [5.74, 6) is 1.49. The molecule has 1 aliphatic heterocycles. The standard InChI is InChI=1S/C12H22N2O2/c13-7-10-3-5-14(6-4-10)12(15)9-16-8-11-1-2-11/h10-11H,1-9,13H2. The van der Waals surface area contributed by atoms with E-state index in [0.29, 0.717) is 5.92 Å². The van der Waals surface area contributed by atoms with Gasteiger partial charge in [0.15, 0.2) is 0 Å². The Bertz CT molecular complexity index is 233. The Morgan fingerprint density at radius 2 is 1.88 bits per heavy atom. The molecule has 2 fully saturated rings. The van der Waals surface area contributed by atoms with Gasteiger partial charge in [-0.15, -0.1) is 0 Å². The van der Waals surface area contributed by atoms with Crippen molar-refractivity contribution in [3.8, 4) is 0 Å². The maximum atomic E-state index is 11.8. The van der Waals surface area contributed by atoms with E-state index in [1.54, 1.807) is 0 Å². The smallest absolute Gasteiger partial charge is 0.248 e. The lowest BCUT2D eigenvalue weighted by Gasteiger charge is -2.31. The lowest BCUT2D eigenvalue weighted by atomic mass is 9.97. The monoisotopic (exact) mass is 226 g/mol. The van der Waals surface area contributed by atoms with Gasteiger partial charge in [0, 0.05) is 13.1 Å². The number of nitrogens with zero attached hydrogens (tertiary/aromatic N) is 1. The number of amides is 1. The van der Waals surface area contributed by atoms with Gasteiger partial charge in [-0.3, -0.25) is 4.79 Å². The average molecular weight is 226 g/mol. The molecular formula is C12H22N2O2. The Kier molecular flexibility index (Phi) is 4.18. The highest BCUT2D eigenvalue weighted by molar-refractivity contribution is 5.77. The van der Waals surface area contributed by atoms with E-state index < -0.39 is 0 Å². The molecule has 0 radical (unpaired) electrons. The fourth-order valence-corrected chi connectivity index (χ4v) is 2.11. The van der Waals surface area contributed by atoms with Crippen molar-refractivity contribution in [2.24, 2.45) is 17.6 Å². The maximum Gasteiger partial charge on any atom is 0.248 e. The summed E-state index contributed by atoms with van der Waals surface area (Å²) in [5.41, 5.74) is 5.62. The number of carbonyl (C=O) groups excluding carboxylic acids is 1. The van der Waals surface area contributed by atoms with E-state index in [1.165, 1.54) is 12.8 Å². The Morgan fingerprint density at radius 1 is 1.19 bits per heavy atom. The van der Waals surface area contributed by atoms with Gasteiger partial charge < -0.3 is 15.4 Å². The molecule has 16 heavy (non-hydrogen) atoms. The lowest BCUT2D eigenvalue weighted by Crippen LogP contribution is -2.41. The third kappa shape index (κ3) is 3.46. The van der Waals surface area contributed by atoms with Crippen LogP contribution in [0.2, 0.25) is 0 Å². The molecule has 4 heteroatoms. The minimum absolute atomic E-state index is 0.149. The molecule has 2 aliphatic rings. The van der Waals surface area contributed by atoms with Gasteiger partial charge in [-0.2, -0.15) is 0 Å². The molecule has 92 valence electrons. The van der Waals surface area contributed by atoms with Crippen molar-refractivity contribution in [3.05, 3.63) is 0 Å². The summed E-state index contributed by atoms with van der Waals surface area (Å²) in [6, 6.07) is 0. The number of carbonyl (C=O) groups is 1. The van der Waals surface area contributed by atoms with Crippen molar-refractivity contribution < 1.29 is 9.53 Å². The van der Waals surface area contributed by atoms with Gasteiger partial charge in [-0.05, 0) is 44.1 Å². The summed E-state index contributed by atoms with van der Waals surface area (Å²) >= 11 is 0. The molecule has 4 nitrogen and oxygen atoms in total. The third-order valence-corrected chi connectivity index (χ3v) is 3.58. The number of piperidine rings is 1. The van der Waals surface area contributed by atoms with Gasteiger partial charge in [0.1, 0.15) is 6.61 Å². The molecule has 0 aromatic rings. The molecule has 0 atom stereocenters. The number of likely N-dealkylation sites (tertiary alicyclic amines) is 1. The predicted octanol–water partition coefficient (Wildman–Crippen LogP) is 0.610. The Labute approximate surface area is 97.1 Å². The zero-order chi connectivity index (χ0) is 11.4. The largest absolute Gasteiger partial charge is 0.371 e. The number of rotatable bonds is 5. The van der Waals surface area contributed by atoms with Crippen molar-refractivity contribution in [1.82, 2.24) is 4.90 Å². The van der Waals surface area contributed by atoms with E-state index in [1.807, 2.05) is 4.90 Å². The molecule has 1 saturated heterocycles. The van der Waals surface area contributed by atoms with Gasteiger partial charge in [-0.1, -0.05) is 0 Å². The van der Waals surface area contributed by atoms with Crippen molar-refractivity contribution in [1.29, 1.82) is 0 Å².